The van der Waals surface area contributed by atoms with Crippen molar-refractivity contribution in [2.45, 2.75) is 6.92 Å². The fourth-order valence-corrected chi connectivity index (χ4v) is 1.60. The SMILES string of the molecule is Cc1ccc(NC(=O)c2ccc(Br)cc2)nc1. The molecule has 0 aliphatic heterocycles. The number of pyridine rings is 1. The van der Waals surface area contributed by atoms with E-state index in [0.717, 1.165) is 10.0 Å². The Kier molecular flexibility index (Phi) is 3.54. The first-order valence-corrected chi connectivity index (χ1v) is 5.94. The number of nitrogens with one attached hydrogen (secondary N) is 1. The summed E-state index contributed by atoms with van der Waals surface area (Å²) in [5, 5.41) is 2.74. The smallest absolute Gasteiger partial charge is 0.256 e. The summed E-state index contributed by atoms with van der Waals surface area (Å²) in [5.74, 6) is 0.400. The zero-order chi connectivity index (χ0) is 12.3. The fourth-order valence-electron chi connectivity index (χ4n) is 1.33. The van der Waals surface area contributed by atoms with Crippen molar-refractivity contribution in [3.63, 3.8) is 0 Å². The molecular weight excluding hydrogens is 280 g/mol. The van der Waals surface area contributed by atoms with E-state index in [1.165, 1.54) is 0 Å². The van der Waals surface area contributed by atoms with Crippen LogP contribution in [-0.2, 0) is 0 Å². The summed E-state index contributed by atoms with van der Waals surface area (Å²) >= 11 is 3.33. The number of aromatic nitrogens is 1. The van der Waals surface area contributed by atoms with Crippen molar-refractivity contribution in [1.29, 1.82) is 0 Å². The van der Waals surface area contributed by atoms with Gasteiger partial charge in [-0.3, -0.25) is 4.79 Å². The molecule has 1 heterocycles. The highest BCUT2D eigenvalue weighted by Crippen LogP contribution is 2.12. The van der Waals surface area contributed by atoms with Crippen LogP contribution in [0.1, 0.15) is 15.9 Å². The van der Waals surface area contributed by atoms with Crippen LogP contribution in [0.3, 0.4) is 0 Å². The Morgan fingerprint density at radius 3 is 2.47 bits per heavy atom. The predicted molar refractivity (Wildman–Crippen MR) is 71.1 cm³/mol. The predicted octanol–water partition coefficient (Wildman–Crippen LogP) is 3.40. The third-order valence-electron chi connectivity index (χ3n) is 2.26. The molecule has 0 radical (unpaired) electrons. The highest BCUT2D eigenvalue weighted by Gasteiger charge is 2.05. The number of nitrogens with zero attached hydrogens (tertiary/aromatic N) is 1. The molecule has 0 bridgehead atoms. The van der Waals surface area contributed by atoms with Crippen LogP contribution in [-0.4, -0.2) is 10.9 Å². The quantitative estimate of drug-likeness (QED) is 0.921. The van der Waals surface area contributed by atoms with Gasteiger partial charge in [-0.1, -0.05) is 22.0 Å². The second-order valence-electron chi connectivity index (χ2n) is 3.68. The minimum atomic E-state index is -0.158. The Bertz CT molecular complexity index is 520. The van der Waals surface area contributed by atoms with Crippen molar-refractivity contribution < 1.29 is 4.79 Å². The zero-order valence-corrected chi connectivity index (χ0v) is 10.9. The average Bonchev–Trinajstić information content (AvgIpc) is 2.33. The van der Waals surface area contributed by atoms with E-state index in [2.05, 4.69) is 26.2 Å². The third-order valence-corrected chi connectivity index (χ3v) is 2.79. The molecule has 0 aliphatic rings. The van der Waals surface area contributed by atoms with Crippen LogP contribution in [0.15, 0.2) is 47.1 Å². The van der Waals surface area contributed by atoms with Gasteiger partial charge in [0.15, 0.2) is 0 Å². The number of aryl methyl sites for hydroxylation is 1. The Morgan fingerprint density at radius 1 is 1.18 bits per heavy atom. The molecule has 1 N–H and O–H groups in total. The van der Waals surface area contributed by atoms with E-state index in [1.54, 1.807) is 24.4 Å². The van der Waals surface area contributed by atoms with Gasteiger partial charge in [0.25, 0.3) is 5.91 Å². The van der Waals surface area contributed by atoms with Gasteiger partial charge in [0.2, 0.25) is 0 Å². The standard InChI is InChI=1S/C13H11BrN2O/c1-9-2-7-12(15-8-9)16-13(17)10-3-5-11(14)6-4-10/h2-8H,1H3,(H,15,16,17). The minimum Gasteiger partial charge on any atom is -0.307 e. The summed E-state index contributed by atoms with van der Waals surface area (Å²) in [6.07, 6.45) is 1.72. The summed E-state index contributed by atoms with van der Waals surface area (Å²) in [5.41, 5.74) is 1.67. The second-order valence-corrected chi connectivity index (χ2v) is 4.60. The molecule has 2 aromatic rings. The lowest BCUT2D eigenvalue weighted by Gasteiger charge is -2.04. The molecule has 2 rings (SSSR count). The number of amides is 1. The van der Waals surface area contributed by atoms with Gasteiger partial charge < -0.3 is 5.32 Å². The van der Waals surface area contributed by atoms with Crippen LogP contribution < -0.4 is 5.32 Å². The van der Waals surface area contributed by atoms with Crippen LogP contribution in [0.2, 0.25) is 0 Å². The Balaban J connectivity index is 2.11. The van der Waals surface area contributed by atoms with Crippen molar-refractivity contribution in [2.75, 3.05) is 5.32 Å². The molecule has 0 atom stereocenters. The number of carbonyl (C=O) groups is 1. The van der Waals surface area contributed by atoms with Crippen LogP contribution in [0.4, 0.5) is 5.82 Å². The lowest BCUT2D eigenvalue weighted by molar-refractivity contribution is 0.102. The molecule has 0 unspecified atom stereocenters. The first kappa shape index (κ1) is 11.8. The molecule has 0 fully saturated rings. The van der Waals surface area contributed by atoms with Gasteiger partial charge in [-0.2, -0.15) is 0 Å². The van der Waals surface area contributed by atoms with Crippen molar-refractivity contribution in [1.82, 2.24) is 4.98 Å². The molecule has 0 saturated carbocycles. The average molecular weight is 291 g/mol. The molecule has 3 nitrogen and oxygen atoms in total. The van der Waals surface area contributed by atoms with Gasteiger partial charge in [-0.15, -0.1) is 0 Å². The number of hydrogen-bond acceptors (Lipinski definition) is 2. The van der Waals surface area contributed by atoms with Crippen LogP contribution in [0.5, 0.6) is 0 Å². The summed E-state index contributed by atoms with van der Waals surface area (Å²) in [6, 6.07) is 10.9. The van der Waals surface area contributed by atoms with Crippen LogP contribution >= 0.6 is 15.9 Å². The molecule has 1 aromatic heterocycles. The zero-order valence-electron chi connectivity index (χ0n) is 9.27. The first-order valence-electron chi connectivity index (χ1n) is 5.15. The van der Waals surface area contributed by atoms with Crippen LogP contribution in [0, 0.1) is 6.92 Å². The van der Waals surface area contributed by atoms with Crippen molar-refractivity contribution in [2.24, 2.45) is 0 Å². The van der Waals surface area contributed by atoms with Gasteiger partial charge in [0.05, 0.1) is 0 Å². The first-order chi connectivity index (χ1) is 8.15. The highest BCUT2D eigenvalue weighted by molar-refractivity contribution is 9.10. The van der Waals surface area contributed by atoms with Crippen LogP contribution in [0.25, 0.3) is 0 Å². The molecule has 1 amide bonds. The summed E-state index contributed by atoms with van der Waals surface area (Å²) < 4.78 is 0.947. The van der Waals surface area contributed by atoms with E-state index in [4.69, 9.17) is 0 Å². The maximum atomic E-state index is 11.8. The minimum absolute atomic E-state index is 0.158. The van der Waals surface area contributed by atoms with E-state index < -0.39 is 0 Å². The number of carbonyl (C=O) groups excluding carboxylic acids is 1. The number of benzene rings is 1. The topological polar surface area (TPSA) is 42.0 Å². The van der Waals surface area contributed by atoms with Gasteiger partial charge in [-0.05, 0) is 42.8 Å². The van der Waals surface area contributed by atoms with E-state index in [0.29, 0.717) is 11.4 Å². The molecule has 0 saturated heterocycles. The van der Waals surface area contributed by atoms with Gasteiger partial charge in [-0.25, -0.2) is 4.98 Å². The van der Waals surface area contributed by atoms with Gasteiger partial charge in [0.1, 0.15) is 5.82 Å². The Morgan fingerprint density at radius 2 is 1.88 bits per heavy atom. The van der Waals surface area contributed by atoms with Crippen molar-refractivity contribution in [3.8, 4) is 0 Å². The summed E-state index contributed by atoms with van der Waals surface area (Å²) in [6.45, 7) is 1.95. The maximum absolute atomic E-state index is 11.8. The molecule has 86 valence electrons. The lowest BCUT2D eigenvalue weighted by atomic mass is 10.2. The molecule has 4 heteroatoms. The van der Waals surface area contributed by atoms with E-state index in [-0.39, 0.29) is 5.91 Å². The highest BCUT2D eigenvalue weighted by atomic mass is 79.9. The monoisotopic (exact) mass is 290 g/mol. The van der Waals surface area contributed by atoms with E-state index in [9.17, 15) is 4.79 Å². The van der Waals surface area contributed by atoms with Crippen molar-refractivity contribution in [3.05, 3.63) is 58.2 Å². The van der Waals surface area contributed by atoms with Gasteiger partial charge in [0, 0.05) is 16.2 Å². The molecule has 1 aromatic carbocycles. The van der Waals surface area contributed by atoms with E-state index >= 15 is 0 Å². The maximum Gasteiger partial charge on any atom is 0.256 e. The molecular formula is C13H11BrN2O. The third kappa shape index (κ3) is 3.14. The summed E-state index contributed by atoms with van der Waals surface area (Å²) in [4.78, 5) is 16.0. The molecule has 0 spiro atoms. The number of rotatable bonds is 2. The lowest BCUT2D eigenvalue weighted by Crippen LogP contribution is -2.12. The number of anilines is 1. The molecule has 0 aliphatic carbocycles. The Hall–Kier alpha value is -1.68. The largest absolute Gasteiger partial charge is 0.307 e. The number of halogens is 1. The van der Waals surface area contributed by atoms with Gasteiger partial charge >= 0.3 is 0 Å². The fraction of sp³-hybridized carbons (Fsp3) is 0.0769. The second kappa shape index (κ2) is 5.10. The Labute approximate surface area is 108 Å². The normalized spacial score (nSPS) is 10.0. The summed E-state index contributed by atoms with van der Waals surface area (Å²) in [7, 11) is 0. The van der Waals surface area contributed by atoms with E-state index in [1.807, 2.05) is 25.1 Å². The van der Waals surface area contributed by atoms with Crippen molar-refractivity contribution >= 4 is 27.7 Å². The number of hydrogen-bond donors (Lipinski definition) is 1. The molecule has 17 heavy (non-hydrogen) atoms.